The molecule has 2 rings (SSSR count). The number of amides is 4. The van der Waals surface area contributed by atoms with Crippen molar-refractivity contribution in [2.75, 3.05) is 46.9 Å². The minimum Gasteiger partial charge on any atom is -0.381 e. The van der Waals surface area contributed by atoms with Gasteiger partial charge in [-0.15, -0.1) is 0 Å². The van der Waals surface area contributed by atoms with Crippen LogP contribution in [0.2, 0.25) is 0 Å². The number of carbonyl (C=O) groups excluding carboxylic acids is 3. The zero-order valence-corrected chi connectivity index (χ0v) is 27.9. The lowest BCUT2D eigenvalue weighted by molar-refractivity contribution is -0.125. The third kappa shape index (κ3) is 16.1. The number of rotatable bonds is 12. The number of imide groups is 1. The number of nitrogens with one attached hydrogen (secondary N) is 2. The molecule has 2 atom stereocenters. The molecule has 0 aromatic rings. The van der Waals surface area contributed by atoms with Crippen molar-refractivity contribution in [3.63, 3.8) is 0 Å². The van der Waals surface area contributed by atoms with Crippen LogP contribution in [-0.2, 0) is 14.3 Å². The number of piperidine rings is 1. The van der Waals surface area contributed by atoms with E-state index in [2.05, 4.69) is 67.8 Å². The monoisotopic (exact) mass is 596 g/mol. The molecule has 2 aliphatic heterocycles. The first-order valence-corrected chi connectivity index (χ1v) is 15.6. The van der Waals surface area contributed by atoms with Gasteiger partial charge in [0.1, 0.15) is 6.04 Å². The second kappa shape index (κ2) is 24.1. The van der Waals surface area contributed by atoms with Crippen molar-refractivity contribution in [1.82, 2.24) is 20.4 Å². The van der Waals surface area contributed by atoms with Crippen molar-refractivity contribution in [2.24, 2.45) is 11.8 Å². The lowest BCUT2D eigenvalue weighted by Gasteiger charge is -2.29. The van der Waals surface area contributed by atoms with Crippen molar-refractivity contribution in [1.29, 1.82) is 0 Å². The van der Waals surface area contributed by atoms with Crippen LogP contribution >= 0.6 is 0 Å². The Balaban J connectivity index is 0.00000331. The van der Waals surface area contributed by atoms with E-state index in [1.165, 1.54) is 25.3 Å². The first-order valence-electron chi connectivity index (χ1n) is 15.6. The van der Waals surface area contributed by atoms with Crippen LogP contribution in [0.4, 0.5) is 4.79 Å². The molecule has 0 aromatic heterocycles. The second-order valence-corrected chi connectivity index (χ2v) is 10.5. The summed E-state index contributed by atoms with van der Waals surface area (Å²) in [5, 5.41) is 4.75. The quantitative estimate of drug-likeness (QED) is 0.173. The highest BCUT2D eigenvalue weighted by molar-refractivity contribution is 6.00. The molecule has 8 heteroatoms. The normalized spacial score (nSPS) is 17.3. The fourth-order valence-corrected chi connectivity index (χ4v) is 4.62. The maximum atomic E-state index is 13.0. The van der Waals surface area contributed by atoms with Gasteiger partial charge in [-0.25, -0.2) is 4.79 Å². The van der Waals surface area contributed by atoms with E-state index in [4.69, 9.17) is 4.74 Å². The van der Waals surface area contributed by atoms with Crippen LogP contribution in [0.25, 0.3) is 0 Å². The Kier molecular flexibility index (Phi) is 22.2. The van der Waals surface area contributed by atoms with E-state index >= 15 is 0 Å². The van der Waals surface area contributed by atoms with Crippen molar-refractivity contribution >= 4 is 18.3 Å². The highest BCUT2D eigenvalue weighted by Gasteiger charge is 2.29. The molecule has 0 saturated carbocycles. The third-order valence-electron chi connectivity index (χ3n) is 6.76. The van der Waals surface area contributed by atoms with E-state index in [9.17, 15) is 14.4 Å². The molecule has 4 amide bonds. The Morgan fingerprint density at radius 3 is 2.44 bits per heavy atom. The molecule has 2 N–H and O–H groups in total. The number of hydrogen-bond acceptors (Lipinski definition) is 5. The average Bonchev–Trinajstić information content (AvgIpc) is 3.29. The van der Waals surface area contributed by atoms with Gasteiger partial charge in [0.15, 0.2) is 0 Å². The zero-order valence-electron chi connectivity index (χ0n) is 27.9. The van der Waals surface area contributed by atoms with Crippen LogP contribution in [0.1, 0.15) is 67.2 Å². The first-order chi connectivity index (χ1) is 20.7. The summed E-state index contributed by atoms with van der Waals surface area (Å²) in [4.78, 5) is 39.8. The van der Waals surface area contributed by atoms with Gasteiger partial charge in [-0.05, 0) is 63.7 Å². The van der Waals surface area contributed by atoms with Crippen LogP contribution in [0.5, 0.6) is 0 Å². The summed E-state index contributed by atoms with van der Waals surface area (Å²) in [6, 6.07) is -1.36. The molecule has 0 aromatic carbocycles. The molecule has 8 nitrogen and oxygen atoms in total. The molecular weight excluding hydrogens is 540 g/mol. The Hall–Kier alpha value is -3.41. The van der Waals surface area contributed by atoms with Gasteiger partial charge in [0.05, 0.1) is 13.2 Å². The minimum atomic E-state index is -0.688. The topological polar surface area (TPSA) is 91.0 Å². The molecule has 0 aliphatic carbocycles. The summed E-state index contributed by atoms with van der Waals surface area (Å²) in [6.45, 7) is 19.4. The van der Waals surface area contributed by atoms with Crippen molar-refractivity contribution in [3.8, 4) is 11.8 Å². The van der Waals surface area contributed by atoms with Gasteiger partial charge < -0.3 is 19.9 Å². The second-order valence-electron chi connectivity index (χ2n) is 10.5. The molecule has 2 aliphatic rings. The largest absolute Gasteiger partial charge is 0.381 e. The van der Waals surface area contributed by atoms with Crippen molar-refractivity contribution in [3.05, 3.63) is 59.8 Å². The molecule has 0 bridgehead atoms. The maximum Gasteiger partial charge on any atom is 0.322 e. The molecule has 240 valence electrons. The molecule has 0 radical (unpaired) electrons. The average molecular weight is 597 g/mol. The Morgan fingerprint density at radius 1 is 1.23 bits per heavy atom. The molecular formula is C35H56N4O4. The van der Waals surface area contributed by atoms with Gasteiger partial charge in [-0.3, -0.25) is 14.9 Å². The summed E-state index contributed by atoms with van der Waals surface area (Å²) in [5.41, 5.74) is 2.16. The number of urea groups is 1. The Morgan fingerprint density at radius 2 is 1.88 bits per heavy atom. The van der Waals surface area contributed by atoms with Gasteiger partial charge >= 0.3 is 6.03 Å². The standard InChI is InChI=1S/C30H42N4O4.C3H8.C2H6/c1-6-24(11-10-23(3)19-25-14-16-33(4)17-15-25)12-13-27(32-30(37)31-22-35)21-34-20-26(9-8-18-38-5)28(7-2)29(34)36;1-3-2;1-2/h6-11,22-23,25,27H,2,14-21H2,1,3-5H3,(H2,31,32,35,37);3H2,1-2H3;1-2H3/b9-8-,11-10-,24-6+;;/t23?,27-;;/m1../s1. The van der Waals surface area contributed by atoms with Crippen LogP contribution < -0.4 is 10.6 Å². The number of hydrogen-bond donors (Lipinski definition) is 2. The number of nitrogens with zero attached hydrogens (tertiary/aromatic N) is 2. The minimum absolute atomic E-state index is 0.157. The van der Waals surface area contributed by atoms with Gasteiger partial charge in [0.25, 0.3) is 5.91 Å². The third-order valence-corrected chi connectivity index (χ3v) is 6.76. The van der Waals surface area contributed by atoms with Crippen LogP contribution in [0.15, 0.2) is 59.8 Å². The molecule has 1 unspecified atom stereocenters. The molecule has 1 fully saturated rings. The Labute approximate surface area is 261 Å². The highest BCUT2D eigenvalue weighted by Crippen LogP contribution is 2.24. The lowest BCUT2D eigenvalue weighted by Crippen LogP contribution is -2.47. The fraction of sp³-hybridized carbons (Fsp3) is 0.571. The summed E-state index contributed by atoms with van der Waals surface area (Å²) >= 11 is 0. The van der Waals surface area contributed by atoms with Crippen LogP contribution in [0, 0.1) is 23.7 Å². The summed E-state index contributed by atoms with van der Waals surface area (Å²) < 4.78 is 5.05. The van der Waals surface area contributed by atoms with E-state index in [1.807, 2.05) is 45.1 Å². The van der Waals surface area contributed by atoms with Crippen molar-refractivity contribution < 1.29 is 19.1 Å². The SMILES string of the molecule is C=CC1=C(/C=C\COC)CN(C[C@@H](C#CC(/C=C\C(C)CC2CCN(C)CC2)=C/C)NC(=O)NC=O)C1=O.CC.CCC. The molecule has 1 saturated heterocycles. The Bertz CT molecular complexity index is 1040. The van der Waals surface area contributed by atoms with Crippen molar-refractivity contribution in [2.45, 2.75) is 73.3 Å². The lowest BCUT2D eigenvalue weighted by atomic mass is 9.88. The number of likely N-dealkylation sites (tertiary alicyclic amines) is 1. The summed E-state index contributed by atoms with van der Waals surface area (Å²) in [5.74, 6) is 7.21. The van der Waals surface area contributed by atoms with E-state index in [0.717, 1.165) is 36.6 Å². The van der Waals surface area contributed by atoms with E-state index in [-0.39, 0.29) is 12.5 Å². The molecule has 0 spiro atoms. The zero-order chi connectivity index (χ0) is 32.6. The van der Waals surface area contributed by atoms with Crippen LogP contribution in [-0.4, -0.2) is 81.1 Å². The molecule has 43 heavy (non-hydrogen) atoms. The predicted octanol–water partition coefficient (Wildman–Crippen LogP) is 5.65. The van der Waals surface area contributed by atoms with Gasteiger partial charge in [0.2, 0.25) is 6.41 Å². The molecule has 2 heterocycles. The van der Waals surface area contributed by atoms with Gasteiger partial charge in [-0.2, -0.15) is 0 Å². The number of allylic oxidation sites excluding steroid dienone is 4. The van der Waals surface area contributed by atoms with Gasteiger partial charge in [-0.1, -0.05) is 95.9 Å². The first kappa shape index (κ1) is 39.6. The van der Waals surface area contributed by atoms with Gasteiger partial charge in [0, 0.05) is 24.8 Å². The van der Waals surface area contributed by atoms with Crippen LogP contribution in [0.3, 0.4) is 0 Å². The number of carbonyl (C=O) groups is 3. The predicted molar refractivity (Wildman–Crippen MR) is 178 cm³/mol. The number of ether oxygens (including phenoxy) is 1. The van der Waals surface area contributed by atoms with E-state index in [1.54, 1.807) is 12.0 Å². The van der Waals surface area contributed by atoms with E-state index < -0.39 is 12.1 Å². The smallest absolute Gasteiger partial charge is 0.322 e. The van der Waals surface area contributed by atoms with E-state index in [0.29, 0.717) is 31.1 Å². The maximum absolute atomic E-state index is 13.0. The summed E-state index contributed by atoms with van der Waals surface area (Å²) in [7, 11) is 3.78. The fourth-order valence-electron chi connectivity index (χ4n) is 4.62. The number of methoxy groups -OCH3 is 1. The summed E-state index contributed by atoms with van der Waals surface area (Å²) in [6.07, 6.45) is 16.5. The highest BCUT2D eigenvalue weighted by atomic mass is 16.5.